The summed E-state index contributed by atoms with van der Waals surface area (Å²) in [6, 6.07) is 8.03. The van der Waals surface area contributed by atoms with Crippen molar-refractivity contribution in [3.8, 4) is 11.1 Å². The van der Waals surface area contributed by atoms with Crippen LogP contribution in [-0.4, -0.2) is 29.5 Å². The lowest BCUT2D eigenvalue weighted by atomic mass is 9.91. The molecule has 160 valence electrons. The highest BCUT2D eigenvalue weighted by atomic mass is 19.1. The van der Waals surface area contributed by atoms with Gasteiger partial charge in [-0.25, -0.2) is 4.39 Å². The van der Waals surface area contributed by atoms with Gasteiger partial charge in [-0.2, -0.15) is 0 Å². The molecule has 0 aromatic heterocycles. The minimum absolute atomic E-state index is 0.104. The number of hydrogen-bond acceptors (Lipinski definition) is 3. The molecule has 1 aliphatic carbocycles. The molecule has 30 heavy (non-hydrogen) atoms. The van der Waals surface area contributed by atoms with Gasteiger partial charge in [-0.1, -0.05) is 32.9 Å². The van der Waals surface area contributed by atoms with Gasteiger partial charge in [-0.05, 0) is 65.6 Å². The first-order valence-corrected chi connectivity index (χ1v) is 10.2. The second-order valence-electron chi connectivity index (χ2n) is 9.16. The Hall–Kier alpha value is -2.73. The Morgan fingerprint density at radius 1 is 1.10 bits per heavy atom. The lowest BCUT2D eigenvalue weighted by Gasteiger charge is -2.20. The van der Waals surface area contributed by atoms with Crippen molar-refractivity contribution in [3.63, 3.8) is 0 Å². The third kappa shape index (κ3) is 5.25. The van der Waals surface area contributed by atoms with Gasteiger partial charge in [-0.3, -0.25) is 9.59 Å². The highest BCUT2D eigenvalue weighted by Gasteiger charge is 2.25. The van der Waals surface area contributed by atoms with Crippen molar-refractivity contribution < 1.29 is 19.1 Å². The van der Waals surface area contributed by atoms with E-state index < -0.39 is 5.82 Å². The molecule has 0 aliphatic heterocycles. The number of halogens is 1. The van der Waals surface area contributed by atoms with E-state index in [1.165, 1.54) is 6.07 Å². The van der Waals surface area contributed by atoms with E-state index in [0.29, 0.717) is 34.4 Å². The van der Waals surface area contributed by atoms with E-state index in [1.807, 2.05) is 20.8 Å². The topological polar surface area (TPSA) is 78.4 Å². The van der Waals surface area contributed by atoms with Crippen molar-refractivity contribution in [1.82, 2.24) is 10.6 Å². The Bertz CT molecular complexity index is 975. The van der Waals surface area contributed by atoms with Crippen molar-refractivity contribution in [1.29, 1.82) is 0 Å². The van der Waals surface area contributed by atoms with Gasteiger partial charge < -0.3 is 15.7 Å². The standard InChI is InChI=1S/C24H29FN2O3/c1-14-19(10-16(11-21(14)25)22(29)27-17-6-7-17)18-8-5-15(12-28)9-20(18)23(30)26-13-24(2,3)4/h5,8-11,17,28H,6-7,12-13H2,1-4H3,(H,26,30)(H,27,29). The van der Waals surface area contributed by atoms with E-state index in [1.54, 1.807) is 31.2 Å². The Kier molecular flexibility index (Phi) is 6.27. The van der Waals surface area contributed by atoms with Crippen molar-refractivity contribution in [2.24, 2.45) is 5.41 Å². The van der Waals surface area contributed by atoms with Crippen LogP contribution in [0.2, 0.25) is 0 Å². The van der Waals surface area contributed by atoms with Crippen LogP contribution in [0.4, 0.5) is 4.39 Å². The smallest absolute Gasteiger partial charge is 0.251 e. The molecule has 1 fully saturated rings. The molecule has 3 N–H and O–H groups in total. The van der Waals surface area contributed by atoms with Crippen LogP contribution in [0, 0.1) is 18.2 Å². The summed E-state index contributed by atoms with van der Waals surface area (Å²) in [7, 11) is 0. The number of hydrogen-bond donors (Lipinski definition) is 3. The summed E-state index contributed by atoms with van der Waals surface area (Å²) < 4.78 is 14.7. The van der Waals surface area contributed by atoms with E-state index >= 15 is 0 Å². The third-order valence-corrected chi connectivity index (χ3v) is 5.10. The zero-order valence-corrected chi connectivity index (χ0v) is 17.9. The molecule has 2 amide bonds. The first-order chi connectivity index (χ1) is 14.1. The fourth-order valence-corrected chi connectivity index (χ4v) is 3.14. The highest BCUT2D eigenvalue weighted by molar-refractivity contribution is 6.02. The monoisotopic (exact) mass is 412 g/mol. The van der Waals surface area contributed by atoms with E-state index in [-0.39, 0.29) is 35.4 Å². The number of aliphatic hydroxyl groups excluding tert-OH is 1. The van der Waals surface area contributed by atoms with E-state index in [9.17, 15) is 19.1 Å². The molecule has 2 aromatic rings. The summed E-state index contributed by atoms with van der Waals surface area (Å²) in [6.07, 6.45) is 1.88. The number of rotatable bonds is 6. The first kappa shape index (κ1) is 22.0. The second-order valence-corrected chi connectivity index (χ2v) is 9.16. The second kappa shape index (κ2) is 8.56. The fourth-order valence-electron chi connectivity index (χ4n) is 3.14. The highest BCUT2D eigenvalue weighted by Crippen LogP contribution is 2.31. The van der Waals surface area contributed by atoms with Crippen molar-refractivity contribution in [3.05, 3.63) is 58.4 Å². The van der Waals surface area contributed by atoms with Crippen molar-refractivity contribution in [2.75, 3.05) is 6.54 Å². The maximum Gasteiger partial charge on any atom is 0.251 e. The van der Waals surface area contributed by atoms with E-state index in [2.05, 4.69) is 10.6 Å². The molecule has 1 saturated carbocycles. The molecule has 1 aliphatic rings. The Morgan fingerprint density at radius 2 is 1.80 bits per heavy atom. The summed E-state index contributed by atoms with van der Waals surface area (Å²) >= 11 is 0. The Balaban J connectivity index is 2.04. The largest absolute Gasteiger partial charge is 0.392 e. The summed E-state index contributed by atoms with van der Waals surface area (Å²) in [5, 5.41) is 15.3. The van der Waals surface area contributed by atoms with Crippen LogP contribution in [0.15, 0.2) is 30.3 Å². The number of carbonyl (C=O) groups is 2. The van der Waals surface area contributed by atoms with Crippen molar-refractivity contribution >= 4 is 11.8 Å². The predicted molar refractivity (Wildman–Crippen MR) is 115 cm³/mol. The van der Waals surface area contributed by atoms with Crippen LogP contribution in [0.25, 0.3) is 11.1 Å². The van der Waals surface area contributed by atoms with Gasteiger partial charge in [0, 0.05) is 23.7 Å². The molecule has 2 aromatic carbocycles. The summed E-state index contributed by atoms with van der Waals surface area (Å²) in [6.45, 7) is 7.92. The van der Waals surface area contributed by atoms with Gasteiger partial charge in [0.05, 0.1) is 6.61 Å². The van der Waals surface area contributed by atoms with Crippen LogP contribution in [0.5, 0.6) is 0 Å². The quantitative estimate of drug-likeness (QED) is 0.672. The fraction of sp³-hybridized carbons (Fsp3) is 0.417. The molecule has 0 atom stereocenters. The molecule has 5 nitrogen and oxygen atoms in total. The first-order valence-electron chi connectivity index (χ1n) is 10.2. The van der Waals surface area contributed by atoms with Gasteiger partial charge in [0.1, 0.15) is 5.82 Å². The lowest BCUT2D eigenvalue weighted by molar-refractivity contribution is 0.0936. The summed E-state index contributed by atoms with van der Waals surface area (Å²) in [4.78, 5) is 25.4. The van der Waals surface area contributed by atoms with E-state index in [4.69, 9.17) is 0 Å². The van der Waals surface area contributed by atoms with Gasteiger partial charge in [-0.15, -0.1) is 0 Å². The predicted octanol–water partition coefficient (Wildman–Crippen LogP) is 3.96. The van der Waals surface area contributed by atoms with Crippen LogP contribution in [0.3, 0.4) is 0 Å². The van der Waals surface area contributed by atoms with Crippen LogP contribution >= 0.6 is 0 Å². The van der Waals surface area contributed by atoms with Crippen LogP contribution in [-0.2, 0) is 6.61 Å². The molecule has 0 unspecified atom stereocenters. The maximum atomic E-state index is 14.7. The molecule has 0 bridgehead atoms. The van der Waals surface area contributed by atoms with Crippen molar-refractivity contribution in [2.45, 2.75) is 53.2 Å². The maximum absolute atomic E-state index is 14.7. The summed E-state index contributed by atoms with van der Waals surface area (Å²) in [5.74, 6) is -1.12. The third-order valence-electron chi connectivity index (χ3n) is 5.10. The zero-order chi connectivity index (χ0) is 22.1. The molecule has 3 rings (SSSR count). The molecule has 0 radical (unpaired) electrons. The number of aliphatic hydroxyl groups is 1. The van der Waals surface area contributed by atoms with Crippen LogP contribution in [0.1, 0.15) is 65.5 Å². The summed E-state index contributed by atoms with van der Waals surface area (Å²) in [5.41, 5.74) is 2.42. The zero-order valence-electron chi connectivity index (χ0n) is 17.9. The molecule has 6 heteroatoms. The average Bonchev–Trinajstić information content (AvgIpc) is 3.51. The van der Waals surface area contributed by atoms with Crippen LogP contribution < -0.4 is 10.6 Å². The Labute approximate surface area is 176 Å². The minimum atomic E-state index is -0.499. The molecular formula is C24H29FN2O3. The molecule has 0 spiro atoms. The number of amides is 2. The minimum Gasteiger partial charge on any atom is -0.392 e. The lowest BCUT2D eigenvalue weighted by Crippen LogP contribution is -2.32. The molecule has 0 heterocycles. The number of benzene rings is 2. The van der Waals surface area contributed by atoms with Gasteiger partial charge in [0.25, 0.3) is 11.8 Å². The SMILES string of the molecule is Cc1c(F)cc(C(=O)NC2CC2)cc1-c1ccc(CO)cc1C(=O)NCC(C)(C)C. The number of nitrogens with one attached hydrogen (secondary N) is 2. The molecular weight excluding hydrogens is 383 g/mol. The van der Waals surface area contributed by atoms with Gasteiger partial charge >= 0.3 is 0 Å². The Morgan fingerprint density at radius 3 is 2.40 bits per heavy atom. The van der Waals surface area contributed by atoms with E-state index in [0.717, 1.165) is 12.8 Å². The number of carbonyl (C=O) groups excluding carboxylic acids is 2. The van der Waals surface area contributed by atoms with Gasteiger partial charge in [0.15, 0.2) is 0 Å². The normalized spacial score (nSPS) is 13.8. The molecule has 0 saturated heterocycles. The average molecular weight is 413 g/mol. The van der Waals surface area contributed by atoms with Gasteiger partial charge in [0.2, 0.25) is 0 Å².